The summed E-state index contributed by atoms with van der Waals surface area (Å²) < 4.78 is 34.5. The Balaban J connectivity index is 1.89. The minimum atomic E-state index is -3.56. The van der Waals surface area contributed by atoms with Crippen molar-refractivity contribution < 1.29 is 23.1 Å². The molecular formula is C23H33N3O5S. The minimum Gasteiger partial charge on any atom is -0.497 e. The summed E-state index contributed by atoms with van der Waals surface area (Å²) in [4.78, 5) is 14.4. The van der Waals surface area contributed by atoms with Gasteiger partial charge in [-0.3, -0.25) is 4.79 Å². The average molecular weight is 464 g/mol. The number of carbonyl (C=O) groups is 1. The van der Waals surface area contributed by atoms with Gasteiger partial charge in [-0.15, -0.1) is 0 Å². The second-order valence-corrected chi connectivity index (χ2v) is 11.1. The summed E-state index contributed by atoms with van der Waals surface area (Å²) in [5.74, 6) is 0.888. The number of nitrogens with zero attached hydrogens (tertiary/aromatic N) is 3. The van der Waals surface area contributed by atoms with Crippen LogP contribution < -0.4 is 4.74 Å². The van der Waals surface area contributed by atoms with Crippen molar-refractivity contribution in [3.05, 3.63) is 29.5 Å². The molecule has 3 heterocycles. The van der Waals surface area contributed by atoms with Crippen molar-refractivity contribution in [2.24, 2.45) is 7.05 Å². The standard InChI is InChI=1S/C23H33N3O5S/c1-5-6-20(28)25-11-9-23(10-12-25)15-26(32(4,29)30)19(14-27)22-21(23)17-8-7-16(31-3)13-18(17)24(22)2/h7-8,13,19,27H,5-6,9-12,14-15H2,1-4H3/t19-/m1/s1. The predicted octanol–water partition coefficient (Wildman–Crippen LogP) is 2.16. The molecule has 176 valence electrons. The third kappa shape index (κ3) is 3.60. The number of hydrogen-bond donors (Lipinski definition) is 1. The van der Waals surface area contributed by atoms with Gasteiger partial charge in [0.05, 0.1) is 31.5 Å². The number of piperidine rings is 1. The smallest absolute Gasteiger partial charge is 0.222 e. The number of aliphatic hydroxyl groups is 1. The van der Waals surface area contributed by atoms with Gasteiger partial charge in [0.15, 0.2) is 0 Å². The number of aryl methyl sites for hydroxylation is 1. The van der Waals surface area contributed by atoms with E-state index in [1.54, 1.807) is 7.11 Å². The second-order valence-electron chi connectivity index (χ2n) is 9.12. The molecule has 4 rings (SSSR count). The van der Waals surface area contributed by atoms with Crippen LogP contribution in [0.25, 0.3) is 10.9 Å². The van der Waals surface area contributed by atoms with Crippen LogP contribution >= 0.6 is 0 Å². The molecule has 2 aliphatic rings. The van der Waals surface area contributed by atoms with E-state index in [4.69, 9.17) is 4.74 Å². The van der Waals surface area contributed by atoms with Crippen LogP contribution in [0.5, 0.6) is 5.75 Å². The Morgan fingerprint density at radius 2 is 1.97 bits per heavy atom. The highest BCUT2D eigenvalue weighted by atomic mass is 32.2. The number of likely N-dealkylation sites (tertiary alicyclic amines) is 1. The summed E-state index contributed by atoms with van der Waals surface area (Å²) in [6.07, 6.45) is 3.93. The molecule has 0 radical (unpaired) electrons. The largest absolute Gasteiger partial charge is 0.497 e. The summed E-state index contributed by atoms with van der Waals surface area (Å²) in [7, 11) is -0.0152. The first-order chi connectivity index (χ1) is 15.2. The number of sulfonamides is 1. The molecule has 1 spiro atoms. The summed E-state index contributed by atoms with van der Waals surface area (Å²) in [5, 5.41) is 11.3. The SMILES string of the molecule is CCCC(=O)N1CCC2(CC1)CN(S(C)(=O)=O)[C@H](CO)c1c2c2ccc(OC)cc2n1C. The third-order valence-corrected chi connectivity index (χ3v) is 8.48. The molecule has 1 N–H and O–H groups in total. The van der Waals surface area contributed by atoms with E-state index in [2.05, 4.69) is 0 Å². The number of aliphatic hydroxyl groups excluding tert-OH is 1. The lowest BCUT2D eigenvalue weighted by Gasteiger charge is -2.49. The zero-order chi connectivity index (χ0) is 23.3. The maximum atomic E-state index is 12.8. The van der Waals surface area contributed by atoms with Gasteiger partial charge in [0, 0.05) is 55.7 Å². The molecule has 0 aliphatic carbocycles. The molecule has 1 aromatic heterocycles. The van der Waals surface area contributed by atoms with Crippen molar-refractivity contribution in [1.82, 2.24) is 13.8 Å². The van der Waals surface area contributed by atoms with Crippen molar-refractivity contribution in [1.29, 1.82) is 0 Å². The fraction of sp³-hybridized carbons (Fsp3) is 0.609. The number of fused-ring (bicyclic) bond motifs is 4. The number of methoxy groups -OCH3 is 1. The topological polar surface area (TPSA) is 92.1 Å². The third-order valence-electron chi connectivity index (χ3n) is 7.24. The Kier molecular flexibility index (Phi) is 6.02. The monoisotopic (exact) mass is 463 g/mol. The van der Waals surface area contributed by atoms with E-state index >= 15 is 0 Å². The van der Waals surface area contributed by atoms with E-state index in [1.165, 1.54) is 10.6 Å². The minimum absolute atomic E-state index is 0.161. The number of ether oxygens (including phenoxy) is 1. The maximum absolute atomic E-state index is 12.8. The van der Waals surface area contributed by atoms with Gasteiger partial charge in [-0.05, 0) is 37.0 Å². The summed E-state index contributed by atoms with van der Waals surface area (Å²) in [6, 6.07) is 5.27. The molecule has 0 bridgehead atoms. The van der Waals surface area contributed by atoms with Gasteiger partial charge in [-0.1, -0.05) is 6.92 Å². The highest BCUT2D eigenvalue weighted by Crippen LogP contribution is 2.50. The van der Waals surface area contributed by atoms with Crippen molar-refractivity contribution >= 4 is 26.8 Å². The molecular weight excluding hydrogens is 430 g/mol. The van der Waals surface area contributed by atoms with E-state index in [9.17, 15) is 18.3 Å². The summed E-state index contributed by atoms with van der Waals surface area (Å²) in [5.41, 5.74) is 2.48. The highest BCUT2D eigenvalue weighted by molar-refractivity contribution is 7.88. The zero-order valence-corrected chi connectivity index (χ0v) is 20.1. The van der Waals surface area contributed by atoms with Gasteiger partial charge in [0.2, 0.25) is 15.9 Å². The molecule has 0 saturated carbocycles. The quantitative estimate of drug-likeness (QED) is 0.734. The summed E-state index contributed by atoms with van der Waals surface area (Å²) in [6.45, 7) is 3.22. The predicted molar refractivity (Wildman–Crippen MR) is 123 cm³/mol. The Morgan fingerprint density at radius 3 is 2.53 bits per heavy atom. The first kappa shape index (κ1) is 23.1. The van der Waals surface area contributed by atoms with Crippen LogP contribution in [0.2, 0.25) is 0 Å². The molecule has 0 unspecified atom stereocenters. The molecule has 9 heteroatoms. The number of carbonyl (C=O) groups excluding carboxylic acids is 1. The normalized spacial score (nSPS) is 21.2. The van der Waals surface area contributed by atoms with Gasteiger partial charge in [0.25, 0.3) is 0 Å². The average Bonchev–Trinajstić information content (AvgIpc) is 3.07. The van der Waals surface area contributed by atoms with Crippen molar-refractivity contribution in [3.63, 3.8) is 0 Å². The number of rotatable bonds is 5. The highest BCUT2D eigenvalue weighted by Gasteiger charge is 2.50. The molecule has 32 heavy (non-hydrogen) atoms. The van der Waals surface area contributed by atoms with Gasteiger partial charge in [0.1, 0.15) is 5.75 Å². The molecule has 1 saturated heterocycles. The van der Waals surface area contributed by atoms with Crippen LogP contribution in [0.1, 0.15) is 49.9 Å². The lowest BCUT2D eigenvalue weighted by molar-refractivity contribution is -0.133. The van der Waals surface area contributed by atoms with Gasteiger partial charge >= 0.3 is 0 Å². The molecule has 1 aromatic carbocycles. The summed E-state index contributed by atoms with van der Waals surface area (Å²) >= 11 is 0. The van der Waals surface area contributed by atoms with Crippen LogP contribution in [-0.4, -0.2) is 72.8 Å². The van der Waals surface area contributed by atoms with Crippen LogP contribution in [0.15, 0.2) is 18.2 Å². The Labute approximate surface area is 189 Å². The molecule has 2 aromatic rings. The van der Waals surface area contributed by atoms with Gasteiger partial charge < -0.3 is 19.3 Å². The van der Waals surface area contributed by atoms with Gasteiger partial charge in [-0.25, -0.2) is 8.42 Å². The zero-order valence-electron chi connectivity index (χ0n) is 19.3. The lowest BCUT2D eigenvalue weighted by atomic mass is 9.69. The Hall–Kier alpha value is -2.10. The number of aromatic nitrogens is 1. The van der Waals surface area contributed by atoms with E-state index < -0.39 is 21.5 Å². The first-order valence-corrected chi connectivity index (χ1v) is 13.0. The molecule has 1 atom stereocenters. The van der Waals surface area contributed by atoms with Crippen LogP contribution in [0.4, 0.5) is 0 Å². The molecule has 1 amide bonds. The van der Waals surface area contributed by atoms with Crippen molar-refractivity contribution in [2.45, 2.75) is 44.1 Å². The van der Waals surface area contributed by atoms with Crippen LogP contribution in [0.3, 0.4) is 0 Å². The number of amides is 1. The lowest BCUT2D eigenvalue weighted by Crippen LogP contribution is -2.55. The van der Waals surface area contributed by atoms with Crippen molar-refractivity contribution in [3.8, 4) is 5.75 Å². The van der Waals surface area contributed by atoms with Crippen LogP contribution in [0, 0.1) is 0 Å². The number of hydrogen-bond acceptors (Lipinski definition) is 5. The first-order valence-electron chi connectivity index (χ1n) is 11.2. The molecule has 1 fully saturated rings. The molecule has 8 nitrogen and oxygen atoms in total. The van der Waals surface area contributed by atoms with E-state index in [0.717, 1.165) is 34.3 Å². The maximum Gasteiger partial charge on any atom is 0.222 e. The fourth-order valence-electron chi connectivity index (χ4n) is 5.62. The second kappa shape index (κ2) is 8.35. The Bertz CT molecular complexity index is 1130. The number of benzene rings is 1. The van der Waals surface area contributed by atoms with Crippen LogP contribution in [-0.2, 0) is 27.3 Å². The van der Waals surface area contributed by atoms with E-state index in [0.29, 0.717) is 38.9 Å². The fourth-order valence-corrected chi connectivity index (χ4v) is 6.73. The van der Waals surface area contributed by atoms with E-state index in [1.807, 2.05) is 41.6 Å². The molecule has 2 aliphatic heterocycles. The van der Waals surface area contributed by atoms with Crippen molar-refractivity contribution in [2.75, 3.05) is 39.6 Å². The van der Waals surface area contributed by atoms with E-state index in [-0.39, 0.29) is 12.5 Å². The van der Waals surface area contributed by atoms with Gasteiger partial charge in [-0.2, -0.15) is 4.31 Å². The Morgan fingerprint density at radius 1 is 1.28 bits per heavy atom.